The predicted molar refractivity (Wildman–Crippen MR) is 95.0 cm³/mol. The van der Waals surface area contributed by atoms with Gasteiger partial charge in [-0.3, -0.25) is 4.79 Å². The number of carbonyl (C=O) groups excluding carboxylic acids is 1. The van der Waals surface area contributed by atoms with Crippen LogP contribution in [0.25, 0.3) is 6.08 Å². The maximum absolute atomic E-state index is 12.2. The number of anilines is 1. The summed E-state index contributed by atoms with van der Waals surface area (Å²) in [6.45, 7) is 2.54. The molecule has 1 amide bonds. The molecular formula is C19H23N3O2. The van der Waals surface area contributed by atoms with Gasteiger partial charge >= 0.3 is 0 Å². The number of carbonyl (C=O) groups is 1. The highest BCUT2D eigenvalue weighted by molar-refractivity contribution is 6.01. The van der Waals surface area contributed by atoms with Gasteiger partial charge < -0.3 is 10.1 Å². The molecule has 3 rings (SSSR count). The number of aromatic nitrogens is 2. The topological polar surface area (TPSA) is 56.1 Å². The smallest absolute Gasteiger partial charge is 0.249 e. The van der Waals surface area contributed by atoms with Gasteiger partial charge in [-0.05, 0) is 31.9 Å². The largest absolute Gasteiger partial charge is 0.493 e. The molecule has 0 atom stereocenters. The first-order chi connectivity index (χ1) is 11.8. The predicted octanol–water partition coefficient (Wildman–Crippen LogP) is 4.05. The van der Waals surface area contributed by atoms with Crippen LogP contribution in [0.3, 0.4) is 0 Å². The number of amides is 1. The average Bonchev–Trinajstić information content (AvgIpc) is 3.25. The molecule has 5 nitrogen and oxygen atoms in total. The molecule has 1 heterocycles. The van der Waals surface area contributed by atoms with Crippen molar-refractivity contribution < 1.29 is 9.53 Å². The molecule has 0 radical (unpaired) electrons. The van der Waals surface area contributed by atoms with E-state index in [-0.39, 0.29) is 5.91 Å². The first-order valence-corrected chi connectivity index (χ1v) is 8.52. The van der Waals surface area contributed by atoms with Gasteiger partial charge in [-0.15, -0.1) is 0 Å². The lowest BCUT2D eigenvalue weighted by molar-refractivity contribution is -0.111. The number of hydrogen-bond acceptors (Lipinski definition) is 3. The summed E-state index contributed by atoms with van der Waals surface area (Å²) in [5.74, 6) is 1.37. The van der Waals surface area contributed by atoms with Gasteiger partial charge in [0.15, 0.2) is 0 Å². The number of rotatable bonds is 6. The van der Waals surface area contributed by atoms with Crippen molar-refractivity contribution in [3.8, 4) is 5.75 Å². The van der Waals surface area contributed by atoms with Gasteiger partial charge in [0.2, 0.25) is 5.91 Å². The molecule has 24 heavy (non-hydrogen) atoms. The van der Waals surface area contributed by atoms with Crippen LogP contribution < -0.4 is 10.1 Å². The molecule has 5 heteroatoms. The second kappa shape index (κ2) is 7.81. The van der Waals surface area contributed by atoms with Gasteiger partial charge in [0.05, 0.1) is 18.8 Å². The number of para-hydroxylation sites is 1. The highest BCUT2D eigenvalue weighted by atomic mass is 16.5. The summed E-state index contributed by atoms with van der Waals surface area (Å²) in [6.07, 6.45) is 9.75. The molecule has 0 unspecified atom stereocenters. The zero-order valence-electron chi connectivity index (χ0n) is 13.9. The van der Waals surface area contributed by atoms with Crippen molar-refractivity contribution in [3.63, 3.8) is 0 Å². The number of ether oxygens (including phenoxy) is 1. The Hall–Kier alpha value is -2.56. The Balaban J connectivity index is 1.67. The summed E-state index contributed by atoms with van der Waals surface area (Å²) in [7, 11) is 0. The Morgan fingerprint density at radius 1 is 1.33 bits per heavy atom. The lowest BCUT2D eigenvalue weighted by Crippen LogP contribution is -2.15. The minimum atomic E-state index is -0.166. The summed E-state index contributed by atoms with van der Waals surface area (Å²) in [4.78, 5) is 12.2. The molecular weight excluding hydrogens is 302 g/mol. The summed E-state index contributed by atoms with van der Waals surface area (Å²) >= 11 is 0. The van der Waals surface area contributed by atoms with Crippen LogP contribution in [0, 0.1) is 0 Å². The molecule has 0 spiro atoms. The summed E-state index contributed by atoms with van der Waals surface area (Å²) in [6, 6.07) is 9.92. The first-order valence-electron chi connectivity index (χ1n) is 8.52. The Labute approximate surface area is 142 Å². The molecule has 0 saturated heterocycles. The second-order valence-electron chi connectivity index (χ2n) is 5.89. The van der Waals surface area contributed by atoms with E-state index in [1.54, 1.807) is 12.3 Å². The van der Waals surface area contributed by atoms with E-state index in [0.29, 0.717) is 12.6 Å². The minimum Gasteiger partial charge on any atom is -0.493 e. The Kier molecular flexibility index (Phi) is 5.31. The van der Waals surface area contributed by atoms with E-state index in [2.05, 4.69) is 10.4 Å². The number of nitrogens with one attached hydrogen (secondary N) is 1. The Morgan fingerprint density at radius 3 is 2.92 bits per heavy atom. The molecule has 1 fully saturated rings. The highest BCUT2D eigenvalue weighted by Gasteiger charge is 2.20. The molecule has 1 saturated carbocycles. The minimum absolute atomic E-state index is 0.166. The summed E-state index contributed by atoms with van der Waals surface area (Å²) < 4.78 is 7.50. The van der Waals surface area contributed by atoms with E-state index >= 15 is 0 Å². The standard InChI is InChI=1S/C19H23N3O2/c1-2-24-17-10-6-3-7-15(17)11-12-19(23)21-18-13-14-20-22(18)16-8-4-5-9-16/h3,6-7,10-14,16H,2,4-5,8-9H2,1H3,(H,21,23). The number of hydrogen-bond donors (Lipinski definition) is 1. The van der Waals surface area contributed by atoms with Crippen LogP contribution in [0.5, 0.6) is 5.75 Å². The van der Waals surface area contributed by atoms with Crippen molar-refractivity contribution in [1.82, 2.24) is 9.78 Å². The SMILES string of the molecule is CCOc1ccccc1C=CC(=O)Nc1ccnn1C1CCCC1. The average molecular weight is 325 g/mol. The maximum Gasteiger partial charge on any atom is 0.249 e. The molecule has 1 aliphatic rings. The van der Waals surface area contributed by atoms with Gasteiger partial charge in [-0.2, -0.15) is 5.10 Å². The zero-order valence-corrected chi connectivity index (χ0v) is 13.9. The van der Waals surface area contributed by atoms with Crippen LogP contribution in [-0.4, -0.2) is 22.3 Å². The fraction of sp³-hybridized carbons (Fsp3) is 0.368. The van der Waals surface area contributed by atoms with E-state index < -0.39 is 0 Å². The Morgan fingerprint density at radius 2 is 2.12 bits per heavy atom. The number of benzene rings is 1. The third-order valence-corrected chi connectivity index (χ3v) is 4.23. The molecule has 1 N–H and O–H groups in total. The van der Waals surface area contributed by atoms with Crippen LogP contribution >= 0.6 is 0 Å². The van der Waals surface area contributed by atoms with E-state index in [1.807, 2.05) is 41.9 Å². The fourth-order valence-electron chi connectivity index (χ4n) is 3.09. The maximum atomic E-state index is 12.2. The van der Waals surface area contributed by atoms with Crippen LogP contribution in [-0.2, 0) is 4.79 Å². The van der Waals surface area contributed by atoms with E-state index in [9.17, 15) is 4.79 Å². The van der Waals surface area contributed by atoms with Crippen molar-refractivity contribution in [1.29, 1.82) is 0 Å². The van der Waals surface area contributed by atoms with Crippen LogP contribution in [0.2, 0.25) is 0 Å². The molecule has 0 bridgehead atoms. The third-order valence-electron chi connectivity index (χ3n) is 4.23. The number of nitrogens with zero attached hydrogens (tertiary/aromatic N) is 2. The van der Waals surface area contributed by atoms with Gasteiger partial charge in [0.25, 0.3) is 0 Å². The van der Waals surface area contributed by atoms with Crippen molar-refractivity contribution in [2.45, 2.75) is 38.6 Å². The third kappa shape index (κ3) is 3.85. The van der Waals surface area contributed by atoms with Crippen molar-refractivity contribution >= 4 is 17.8 Å². The quantitative estimate of drug-likeness (QED) is 0.815. The molecule has 1 aromatic heterocycles. The monoisotopic (exact) mass is 325 g/mol. The van der Waals surface area contributed by atoms with Crippen molar-refractivity contribution in [2.75, 3.05) is 11.9 Å². The van der Waals surface area contributed by atoms with Crippen LogP contribution in [0.15, 0.2) is 42.6 Å². The van der Waals surface area contributed by atoms with Gasteiger partial charge in [0.1, 0.15) is 11.6 Å². The molecule has 2 aromatic rings. The molecule has 0 aliphatic heterocycles. The van der Waals surface area contributed by atoms with Crippen molar-refractivity contribution in [3.05, 3.63) is 48.2 Å². The van der Waals surface area contributed by atoms with Crippen LogP contribution in [0.1, 0.15) is 44.2 Å². The fourth-order valence-corrected chi connectivity index (χ4v) is 3.09. The first kappa shape index (κ1) is 16.3. The molecule has 1 aliphatic carbocycles. The highest BCUT2D eigenvalue weighted by Crippen LogP contribution is 2.31. The van der Waals surface area contributed by atoms with E-state index in [1.165, 1.54) is 18.9 Å². The van der Waals surface area contributed by atoms with Crippen molar-refractivity contribution in [2.24, 2.45) is 0 Å². The summed E-state index contributed by atoms with van der Waals surface area (Å²) in [5.41, 5.74) is 0.888. The normalized spacial score (nSPS) is 15.0. The second-order valence-corrected chi connectivity index (χ2v) is 5.89. The zero-order chi connectivity index (χ0) is 16.8. The molecule has 1 aromatic carbocycles. The van der Waals surface area contributed by atoms with Gasteiger partial charge in [-0.25, -0.2) is 4.68 Å². The van der Waals surface area contributed by atoms with Gasteiger partial charge in [0, 0.05) is 17.7 Å². The Bertz CT molecular complexity index is 715. The lowest BCUT2D eigenvalue weighted by Gasteiger charge is -2.14. The van der Waals surface area contributed by atoms with Gasteiger partial charge in [-0.1, -0.05) is 31.0 Å². The lowest BCUT2D eigenvalue weighted by atomic mass is 10.2. The van der Waals surface area contributed by atoms with Crippen LogP contribution in [0.4, 0.5) is 5.82 Å². The summed E-state index contributed by atoms with van der Waals surface area (Å²) in [5, 5.41) is 7.29. The van der Waals surface area contributed by atoms with E-state index in [4.69, 9.17) is 4.74 Å². The van der Waals surface area contributed by atoms with E-state index in [0.717, 1.165) is 30.0 Å². The molecule has 126 valence electrons.